The monoisotopic (exact) mass is 430 g/mol. The van der Waals surface area contributed by atoms with Gasteiger partial charge in [0.2, 0.25) is 5.91 Å². The van der Waals surface area contributed by atoms with E-state index in [0.29, 0.717) is 19.6 Å². The van der Waals surface area contributed by atoms with Crippen molar-refractivity contribution >= 4 is 16.8 Å². The first-order chi connectivity index (χ1) is 15.7. The molecule has 3 aromatic rings. The van der Waals surface area contributed by atoms with Gasteiger partial charge in [-0.05, 0) is 42.5 Å². The zero-order valence-electron chi connectivity index (χ0n) is 18.6. The highest BCUT2D eigenvalue weighted by Gasteiger charge is 2.47. The topological polar surface area (TPSA) is 51.7 Å². The van der Waals surface area contributed by atoms with Crippen molar-refractivity contribution < 1.29 is 14.3 Å². The van der Waals surface area contributed by atoms with Crippen LogP contribution in [0.25, 0.3) is 22.0 Å². The summed E-state index contributed by atoms with van der Waals surface area (Å²) in [6.45, 7) is 4.82. The first-order valence-electron chi connectivity index (χ1n) is 11.7. The number of fused-ring (bicyclic) bond motifs is 1. The van der Waals surface area contributed by atoms with E-state index in [9.17, 15) is 4.79 Å². The second-order valence-corrected chi connectivity index (χ2v) is 8.76. The Morgan fingerprint density at radius 3 is 2.47 bits per heavy atom. The van der Waals surface area contributed by atoms with Crippen LogP contribution in [-0.2, 0) is 20.1 Å². The van der Waals surface area contributed by atoms with Gasteiger partial charge in [0.1, 0.15) is 0 Å². The maximum Gasteiger partial charge on any atom is 0.222 e. The zero-order chi connectivity index (χ0) is 22.0. The zero-order valence-corrected chi connectivity index (χ0v) is 18.6. The lowest BCUT2D eigenvalue weighted by Gasteiger charge is -2.41. The number of carbonyl (C=O) groups excluding carboxylic acids is 1. The Bertz CT molecular complexity index is 1080. The van der Waals surface area contributed by atoms with Crippen molar-refractivity contribution in [3.63, 3.8) is 0 Å². The molecule has 5 nitrogen and oxygen atoms in total. The third-order valence-electron chi connectivity index (χ3n) is 6.79. The van der Waals surface area contributed by atoms with Gasteiger partial charge in [0.25, 0.3) is 0 Å². The van der Waals surface area contributed by atoms with E-state index in [4.69, 9.17) is 9.47 Å². The van der Waals surface area contributed by atoms with Crippen LogP contribution < -0.4 is 0 Å². The lowest BCUT2D eigenvalue weighted by atomic mass is 9.83. The molecule has 0 bridgehead atoms. The van der Waals surface area contributed by atoms with Crippen LogP contribution in [-0.4, -0.2) is 42.1 Å². The highest BCUT2D eigenvalue weighted by molar-refractivity contribution is 5.84. The van der Waals surface area contributed by atoms with E-state index in [1.807, 2.05) is 17.2 Å². The van der Waals surface area contributed by atoms with E-state index in [-0.39, 0.29) is 11.8 Å². The fourth-order valence-corrected chi connectivity index (χ4v) is 5.09. The third-order valence-corrected chi connectivity index (χ3v) is 6.79. The predicted octanol–water partition coefficient (Wildman–Crippen LogP) is 5.14. The van der Waals surface area contributed by atoms with Gasteiger partial charge in [-0.25, -0.2) is 0 Å². The SMILES string of the molecule is CCCC(=O)N1CCC(C2(c3ccc(-c4ccc5cccnc5c4)cc3)OCCO2)CC1. The largest absolute Gasteiger partial charge is 0.343 e. The molecule has 2 fully saturated rings. The van der Waals surface area contributed by atoms with Crippen molar-refractivity contribution in [3.05, 3.63) is 66.4 Å². The van der Waals surface area contributed by atoms with Crippen molar-refractivity contribution in [2.45, 2.75) is 38.4 Å². The summed E-state index contributed by atoms with van der Waals surface area (Å²) in [5.41, 5.74) is 4.36. The fraction of sp³-hybridized carbons (Fsp3) is 0.407. The lowest BCUT2D eigenvalue weighted by Crippen LogP contribution is -2.46. The molecular weight excluding hydrogens is 400 g/mol. The van der Waals surface area contributed by atoms with Crippen LogP contribution in [0.4, 0.5) is 0 Å². The Morgan fingerprint density at radius 1 is 1.03 bits per heavy atom. The molecule has 0 N–H and O–H groups in total. The summed E-state index contributed by atoms with van der Waals surface area (Å²) in [7, 11) is 0. The Morgan fingerprint density at radius 2 is 1.75 bits per heavy atom. The fourth-order valence-electron chi connectivity index (χ4n) is 5.09. The summed E-state index contributed by atoms with van der Waals surface area (Å²) in [5, 5.41) is 1.14. The van der Waals surface area contributed by atoms with E-state index in [1.54, 1.807) is 0 Å². The summed E-state index contributed by atoms with van der Waals surface area (Å²) >= 11 is 0. The minimum absolute atomic E-state index is 0.242. The standard InChI is InChI=1S/C27H30N2O3/c1-2-4-26(30)29-15-12-24(13-16-29)27(31-17-18-32-27)23-10-8-20(9-11-23)22-7-6-21-5-3-14-28-25(21)19-22/h3,5-11,14,19,24H,2,4,12-13,15-18H2,1H3. The molecule has 1 amide bonds. The number of benzene rings is 2. The van der Waals surface area contributed by atoms with Gasteiger partial charge in [-0.3, -0.25) is 9.78 Å². The van der Waals surface area contributed by atoms with Crippen LogP contribution >= 0.6 is 0 Å². The third kappa shape index (κ3) is 3.91. The molecule has 2 aromatic carbocycles. The molecule has 166 valence electrons. The van der Waals surface area contributed by atoms with Crippen molar-refractivity contribution in [1.29, 1.82) is 0 Å². The van der Waals surface area contributed by atoms with Crippen LogP contribution in [0.1, 0.15) is 38.2 Å². The van der Waals surface area contributed by atoms with Crippen LogP contribution in [0.2, 0.25) is 0 Å². The maximum atomic E-state index is 12.3. The van der Waals surface area contributed by atoms with Crippen molar-refractivity contribution in [2.75, 3.05) is 26.3 Å². The van der Waals surface area contributed by atoms with Crippen LogP contribution in [0.3, 0.4) is 0 Å². The molecule has 2 aliphatic heterocycles. The Hall–Kier alpha value is -2.76. The second kappa shape index (κ2) is 9.00. The van der Waals surface area contributed by atoms with E-state index in [2.05, 4.69) is 60.4 Å². The van der Waals surface area contributed by atoms with Crippen LogP contribution in [0.5, 0.6) is 0 Å². The van der Waals surface area contributed by atoms with Crippen LogP contribution in [0, 0.1) is 5.92 Å². The number of piperidine rings is 1. The van der Waals surface area contributed by atoms with E-state index in [1.165, 1.54) is 0 Å². The quantitative estimate of drug-likeness (QED) is 0.562. The highest BCUT2D eigenvalue weighted by atomic mass is 16.7. The van der Waals surface area contributed by atoms with Gasteiger partial charge >= 0.3 is 0 Å². The lowest BCUT2D eigenvalue weighted by molar-refractivity contribution is -0.214. The number of likely N-dealkylation sites (tertiary alicyclic amines) is 1. The number of hydrogen-bond acceptors (Lipinski definition) is 4. The van der Waals surface area contributed by atoms with Gasteiger partial charge in [-0.15, -0.1) is 0 Å². The van der Waals surface area contributed by atoms with Crippen molar-refractivity contribution in [3.8, 4) is 11.1 Å². The predicted molar refractivity (Wildman–Crippen MR) is 125 cm³/mol. The van der Waals surface area contributed by atoms with Gasteiger partial charge in [-0.1, -0.05) is 49.4 Å². The second-order valence-electron chi connectivity index (χ2n) is 8.76. The molecule has 2 aliphatic rings. The normalized spacial score (nSPS) is 18.8. The highest BCUT2D eigenvalue weighted by Crippen LogP contribution is 2.44. The molecule has 3 heterocycles. The summed E-state index contributed by atoms with van der Waals surface area (Å²) in [6, 6.07) is 19.0. The molecule has 0 atom stereocenters. The first kappa shape index (κ1) is 21.1. The molecule has 5 heteroatoms. The van der Waals surface area contributed by atoms with E-state index >= 15 is 0 Å². The average Bonchev–Trinajstić information content (AvgIpc) is 3.35. The molecule has 1 aromatic heterocycles. The van der Waals surface area contributed by atoms with Crippen LogP contribution in [0.15, 0.2) is 60.8 Å². The van der Waals surface area contributed by atoms with Gasteiger partial charge in [0, 0.05) is 42.6 Å². The molecule has 2 saturated heterocycles. The minimum atomic E-state index is -0.705. The van der Waals surface area contributed by atoms with Gasteiger partial charge in [-0.2, -0.15) is 0 Å². The number of rotatable bonds is 5. The summed E-state index contributed by atoms with van der Waals surface area (Å²) in [5.74, 6) is -0.197. The number of amides is 1. The maximum absolute atomic E-state index is 12.3. The number of carbonyl (C=O) groups is 1. The number of pyridine rings is 1. The van der Waals surface area contributed by atoms with E-state index < -0.39 is 5.79 Å². The van der Waals surface area contributed by atoms with Gasteiger partial charge in [0.15, 0.2) is 5.79 Å². The molecule has 5 rings (SSSR count). The Kier molecular flexibility index (Phi) is 5.94. The minimum Gasteiger partial charge on any atom is -0.343 e. The Balaban J connectivity index is 1.36. The number of aromatic nitrogens is 1. The first-order valence-corrected chi connectivity index (χ1v) is 11.7. The average molecular weight is 431 g/mol. The molecule has 0 spiro atoms. The van der Waals surface area contributed by atoms with Gasteiger partial charge in [0.05, 0.1) is 18.7 Å². The number of ether oxygens (including phenoxy) is 2. The summed E-state index contributed by atoms with van der Waals surface area (Å²) in [4.78, 5) is 18.8. The van der Waals surface area contributed by atoms with Crippen molar-refractivity contribution in [2.24, 2.45) is 5.92 Å². The summed E-state index contributed by atoms with van der Waals surface area (Å²) in [6.07, 6.45) is 5.15. The molecule has 0 saturated carbocycles. The Labute approximate surface area is 189 Å². The van der Waals surface area contributed by atoms with Crippen molar-refractivity contribution in [1.82, 2.24) is 9.88 Å². The molecule has 0 unspecified atom stereocenters. The number of nitrogens with zero attached hydrogens (tertiary/aromatic N) is 2. The molecule has 0 radical (unpaired) electrons. The smallest absolute Gasteiger partial charge is 0.222 e. The molecule has 0 aliphatic carbocycles. The van der Waals surface area contributed by atoms with Gasteiger partial charge < -0.3 is 14.4 Å². The van der Waals surface area contributed by atoms with E-state index in [0.717, 1.165) is 59.9 Å². The summed E-state index contributed by atoms with van der Waals surface area (Å²) < 4.78 is 12.6. The number of hydrogen-bond donors (Lipinski definition) is 0. The molecule has 32 heavy (non-hydrogen) atoms. The molecular formula is C27H30N2O3.